The summed E-state index contributed by atoms with van der Waals surface area (Å²) in [4.78, 5) is 0. The quantitative estimate of drug-likeness (QED) is 0.552. The molecule has 0 nitrogen and oxygen atoms in total. The van der Waals surface area contributed by atoms with Crippen molar-refractivity contribution < 1.29 is 0 Å². The van der Waals surface area contributed by atoms with E-state index in [9.17, 15) is 0 Å². The van der Waals surface area contributed by atoms with E-state index in [1.807, 2.05) is 0 Å². The molecule has 0 aromatic rings. The lowest BCUT2D eigenvalue weighted by Gasteiger charge is -2.21. The average Bonchev–Trinajstić information content (AvgIpc) is 2.32. The van der Waals surface area contributed by atoms with Gasteiger partial charge in [0.15, 0.2) is 0 Å². The highest BCUT2D eigenvalue weighted by Crippen LogP contribution is 2.29. The van der Waals surface area contributed by atoms with Gasteiger partial charge >= 0.3 is 0 Å². The van der Waals surface area contributed by atoms with E-state index in [-0.39, 0.29) is 0 Å². The molecule has 0 aromatic heterocycles. The lowest BCUT2D eigenvalue weighted by Crippen LogP contribution is -2.06. The Morgan fingerprint density at radius 1 is 1.00 bits per heavy atom. The Labute approximate surface area is 95.1 Å². The molecule has 0 spiro atoms. The Bertz CT molecular complexity index is 196. The average molecular weight is 206 g/mol. The minimum absolute atomic E-state index is 1.09. The third kappa shape index (κ3) is 4.01. The molecule has 0 unspecified atom stereocenters. The van der Waals surface area contributed by atoms with Crippen LogP contribution in [0.3, 0.4) is 0 Å². The number of hydrogen-bond acceptors (Lipinski definition) is 0. The molecule has 0 heteroatoms. The molecule has 0 heterocycles. The smallest absolute Gasteiger partial charge is 0.0320 e. The van der Waals surface area contributed by atoms with Gasteiger partial charge in [0.25, 0.3) is 0 Å². The summed E-state index contributed by atoms with van der Waals surface area (Å²) in [7, 11) is 0. The van der Waals surface area contributed by atoms with Crippen molar-refractivity contribution in [2.75, 3.05) is 0 Å². The maximum atomic E-state index is 2.52. The van der Waals surface area contributed by atoms with E-state index in [1.165, 1.54) is 77.0 Å². The summed E-state index contributed by atoms with van der Waals surface area (Å²) in [5, 5.41) is 0. The normalized spacial score (nSPS) is 23.9. The van der Waals surface area contributed by atoms with Crippen LogP contribution in [-0.4, -0.2) is 0 Å². The first-order valence-corrected chi connectivity index (χ1v) is 7.13. The minimum Gasteiger partial charge on any atom is -0.0853 e. The van der Waals surface area contributed by atoms with Crippen LogP contribution >= 0.6 is 0 Å². The molecule has 1 fully saturated rings. The van der Waals surface area contributed by atoms with E-state index in [4.69, 9.17) is 0 Å². The Kier molecular flexibility index (Phi) is 4.76. The number of allylic oxidation sites excluding steroid dienone is 2. The molecule has 0 bridgehead atoms. The zero-order valence-electron chi connectivity index (χ0n) is 10.1. The summed E-state index contributed by atoms with van der Waals surface area (Å²) in [6, 6.07) is 0. The van der Waals surface area contributed by atoms with Gasteiger partial charge in [-0.3, -0.25) is 0 Å². The fourth-order valence-corrected chi connectivity index (χ4v) is 3.23. The molecule has 2 aliphatic rings. The topological polar surface area (TPSA) is 0 Å². The second-order valence-electron chi connectivity index (χ2n) is 5.50. The van der Waals surface area contributed by atoms with E-state index in [0.29, 0.717) is 0 Å². The van der Waals surface area contributed by atoms with Crippen LogP contribution in [0.25, 0.3) is 0 Å². The van der Waals surface area contributed by atoms with Crippen LogP contribution in [0.1, 0.15) is 77.0 Å². The zero-order chi connectivity index (χ0) is 10.3. The van der Waals surface area contributed by atoms with Crippen LogP contribution in [0.2, 0.25) is 0 Å². The van der Waals surface area contributed by atoms with Gasteiger partial charge in [0.2, 0.25) is 0 Å². The van der Waals surface area contributed by atoms with Crippen molar-refractivity contribution in [2.45, 2.75) is 77.0 Å². The SMILES string of the molecule is C1=C(CCCC2CCCCC2)CCCC1. The van der Waals surface area contributed by atoms with Gasteiger partial charge in [-0.05, 0) is 44.4 Å². The van der Waals surface area contributed by atoms with Crippen molar-refractivity contribution >= 4 is 0 Å². The van der Waals surface area contributed by atoms with Crippen molar-refractivity contribution in [1.82, 2.24) is 0 Å². The van der Waals surface area contributed by atoms with E-state index in [2.05, 4.69) is 6.08 Å². The van der Waals surface area contributed by atoms with Gasteiger partial charge in [0.1, 0.15) is 0 Å². The van der Waals surface area contributed by atoms with Gasteiger partial charge in [-0.25, -0.2) is 0 Å². The molecule has 0 N–H and O–H groups in total. The molecular weight excluding hydrogens is 180 g/mol. The first-order valence-electron chi connectivity index (χ1n) is 7.13. The van der Waals surface area contributed by atoms with E-state index in [1.54, 1.807) is 5.57 Å². The Morgan fingerprint density at radius 2 is 1.87 bits per heavy atom. The standard InChI is InChI=1S/C15H26/c1-3-8-14(9-4-1)12-7-13-15-10-5-2-6-11-15/h8,15H,1-7,9-13H2. The molecule has 0 amide bonds. The molecule has 15 heavy (non-hydrogen) atoms. The van der Waals surface area contributed by atoms with Crippen molar-refractivity contribution in [3.05, 3.63) is 11.6 Å². The van der Waals surface area contributed by atoms with Crippen molar-refractivity contribution in [3.63, 3.8) is 0 Å². The molecule has 86 valence electrons. The highest BCUT2D eigenvalue weighted by molar-refractivity contribution is 5.04. The van der Waals surface area contributed by atoms with Crippen LogP contribution in [0.15, 0.2) is 11.6 Å². The summed E-state index contributed by atoms with van der Waals surface area (Å²) in [5.41, 5.74) is 1.78. The van der Waals surface area contributed by atoms with Crippen LogP contribution in [0.4, 0.5) is 0 Å². The van der Waals surface area contributed by atoms with Gasteiger partial charge in [0.05, 0.1) is 0 Å². The van der Waals surface area contributed by atoms with Crippen molar-refractivity contribution in [3.8, 4) is 0 Å². The van der Waals surface area contributed by atoms with Gasteiger partial charge < -0.3 is 0 Å². The van der Waals surface area contributed by atoms with Crippen molar-refractivity contribution in [2.24, 2.45) is 5.92 Å². The van der Waals surface area contributed by atoms with Gasteiger partial charge in [-0.15, -0.1) is 0 Å². The molecule has 0 aliphatic heterocycles. The Morgan fingerprint density at radius 3 is 2.60 bits per heavy atom. The molecular formula is C15H26. The summed E-state index contributed by atoms with van der Waals surface area (Å²) in [6.45, 7) is 0. The number of rotatable bonds is 4. The highest BCUT2D eigenvalue weighted by Gasteiger charge is 2.13. The Hall–Kier alpha value is -0.260. The summed E-state index contributed by atoms with van der Waals surface area (Å²) in [5.74, 6) is 1.09. The van der Waals surface area contributed by atoms with E-state index < -0.39 is 0 Å². The molecule has 2 rings (SSSR count). The van der Waals surface area contributed by atoms with E-state index >= 15 is 0 Å². The highest BCUT2D eigenvalue weighted by atomic mass is 14.2. The van der Waals surface area contributed by atoms with Crippen molar-refractivity contribution in [1.29, 1.82) is 0 Å². The Balaban J connectivity index is 1.59. The molecule has 0 aromatic carbocycles. The molecule has 0 saturated heterocycles. The van der Waals surface area contributed by atoms with Crippen LogP contribution in [0, 0.1) is 5.92 Å². The first-order chi connectivity index (χ1) is 7.45. The fraction of sp³-hybridized carbons (Fsp3) is 0.867. The van der Waals surface area contributed by atoms with Crippen LogP contribution < -0.4 is 0 Å². The largest absolute Gasteiger partial charge is 0.0853 e. The van der Waals surface area contributed by atoms with Crippen LogP contribution in [0.5, 0.6) is 0 Å². The summed E-state index contributed by atoms with van der Waals surface area (Å²) >= 11 is 0. The summed E-state index contributed by atoms with van der Waals surface area (Å²) < 4.78 is 0. The second kappa shape index (κ2) is 6.35. The predicted molar refractivity (Wildman–Crippen MR) is 67.0 cm³/mol. The third-order valence-corrected chi connectivity index (χ3v) is 4.22. The maximum absolute atomic E-state index is 2.52. The molecule has 2 aliphatic carbocycles. The first kappa shape index (κ1) is 11.2. The lowest BCUT2D eigenvalue weighted by molar-refractivity contribution is 0.332. The van der Waals surface area contributed by atoms with Gasteiger partial charge in [-0.1, -0.05) is 50.2 Å². The van der Waals surface area contributed by atoms with Crippen LogP contribution in [-0.2, 0) is 0 Å². The van der Waals surface area contributed by atoms with Gasteiger partial charge in [0, 0.05) is 0 Å². The summed E-state index contributed by atoms with van der Waals surface area (Å²) in [6.07, 6.45) is 20.1. The minimum atomic E-state index is 1.09. The fourth-order valence-electron chi connectivity index (χ4n) is 3.23. The zero-order valence-corrected chi connectivity index (χ0v) is 10.1. The van der Waals surface area contributed by atoms with E-state index in [0.717, 1.165) is 5.92 Å². The lowest BCUT2D eigenvalue weighted by atomic mass is 9.85. The maximum Gasteiger partial charge on any atom is -0.0320 e. The molecule has 0 atom stereocenters. The predicted octanol–water partition coefficient (Wildman–Crippen LogP) is 5.24. The third-order valence-electron chi connectivity index (χ3n) is 4.22. The molecule has 0 radical (unpaired) electrons. The second-order valence-corrected chi connectivity index (χ2v) is 5.50. The van der Waals surface area contributed by atoms with Gasteiger partial charge in [-0.2, -0.15) is 0 Å². The molecule has 1 saturated carbocycles. The monoisotopic (exact) mass is 206 g/mol. The number of hydrogen-bond donors (Lipinski definition) is 0.